The van der Waals surface area contributed by atoms with Crippen molar-refractivity contribution in [2.24, 2.45) is 5.73 Å². The standard InChI is InChI=1S/C15H23N3O.ClH/c1-11-5-3-7-14(12(11)2)17-15(19)10-18-8-4-6-13(16)9-18;/h3,5,7,13H,4,6,8-10,16H2,1-2H3,(H,17,19);1H/t13-;/m1./s1. The van der Waals surface area contributed by atoms with Crippen molar-refractivity contribution in [2.45, 2.75) is 32.7 Å². The summed E-state index contributed by atoms with van der Waals surface area (Å²) < 4.78 is 0. The van der Waals surface area contributed by atoms with Gasteiger partial charge in [-0.25, -0.2) is 0 Å². The number of anilines is 1. The lowest BCUT2D eigenvalue weighted by Gasteiger charge is -2.30. The van der Waals surface area contributed by atoms with Crippen molar-refractivity contribution < 1.29 is 4.79 Å². The Hall–Kier alpha value is -1.10. The number of nitrogens with zero attached hydrogens (tertiary/aromatic N) is 1. The van der Waals surface area contributed by atoms with Crippen LogP contribution in [0.1, 0.15) is 24.0 Å². The Balaban J connectivity index is 0.00000200. The number of halogens is 1. The van der Waals surface area contributed by atoms with E-state index >= 15 is 0 Å². The van der Waals surface area contributed by atoms with Gasteiger partial charge >= 0.3 is 0 Å². The van der Waals surface area contributed by atoms with E-state index in [9.17, 15) is 4.79 Å². The van der Waals surface area contributed by atoms with Gasteiger partial charge in [0.1, 0.15) is 0 Å². The minimum atomic E-state index is 0. The van der Waals surface area contributed by atoms with Crippen LogP contribution in [0.3, 0.4) is 0 Å². The second-order valence-corrected chi connectivity index (χ2v) is 5.43. The average molecular weight is 298 g/mol. The fraction of sp³-hybridized carbons (Fsp3) is 0.533. The lowest BCUT2D eigenvalue weighted by molar-refractivity contribution is -0.117. The minimum absolute atomic E-state index is 0. The molecule has 1 aromatic rings. The van der Waals surface area contributed by atoms with Crippen molar-refractivity contribution in [2.75, 3.05) is 25.0 Å². The molecule has 0 unspecified atom stereocenters. The van der Waals surface area contributed by atoms with Gasteiger partial charge in [0.25, 0.3) is 0 Å². The fourth-order valence-corrected chi connectivity index (χ4v) is 2.51. The Morgan fingerprint density at radius 1 is 1.45 bits per heavy atom. The smallest absolute Gasteiger partial charge is 0.238 e. The summed E-state index contributed by atoms with van der Waals surface area (Å²) in [7, 11) is 0. The normalized spacial score (nSPS) is 19.2. The zero-order valence-electron chi connectivity index (χ0n) is 12.2. The molecule has 0 spiro atoms. The van der Waals surface area contributed by atoms with Gasteiger partial charge < -0.3 is 11.1 Å². The molecule has 4 nitrogen and oxygen atoms in total. The number of hydrogen-bond acceptors (Lipinski definition) is 3. The minimum Gasteiger partial charge on any atom is -0.327 e. The molecule has 1 aliphatic rings. The first-order valence-electron chi connectivity index (χ1n) is 6.90. The Labute approximate surface area is 127 Å². The van der Waals surface area contributed by atoms with Crippen LogP contribution in [-0.2, 0) is 4.79 Å². The molecular weight excluding hydrogens is 274 g/mol. The third-order valence-corrected chi connectivity index (χ3v) is 3.79. The summed E-state index contributed by atoms with van der Waals surface area (Å²) in [6.45, 7) is 6.30. The Morgan fingerprint density at radius 2 is 2.20 bits per heavy atom. The van der Waals surface area contributed by atoms with E-state index in [1.54, 1.807) is 0 Å². The topological polar surface area (TPSA) is 58.4 Å². The molecule has 5 heteroatoms. The average Bonchev–Trinajstić information content (AvgIpc) is 2.35. The van der Waals surface area contributed by atoms with Crippen molar-refractivity contribution in [3.05, 3.63) is 29.3 Å². The van der Waals surface area contributed by atoms with Gasteiger partial charge in [0.15, 0.2) is 0 Å². The third-order valence-electron chi connectivity index (χ3n) is 3.79. The zero-order valence-corrected chi connectivity index (χ0v) is 13.0. The molecule has 1 saturated heterocycles. The number of likely N-dealkylation sites (tertiary alicyclic amines) is 1. The van der Waals surface area contributed by atoms with Crippen LogP contribution in [0.5, 0.6) is 0 Å². The first-order valence-corrected chi connectivity index (χ1v) is 6.90. The van der Waals surface area contributed by atoms with Crippen LogP contribution in [0.25, 0.3) is 0 Å². The van der Waals surface area contributed by atoms with Crippen molar-refractivity contribution in [1.29, 1.82) is 0 Å². The lowest BCUT2D eigenvalue weighted by Crippen LogP contribution is -2.45. The van der Waals surface area contributed by atoms with Gasteiger partial charge in [0.05, 0.1) is 6.54 Å². The van der Waals surface area contributed by atoms with E-state index in [-0.39, 0.29) is 24.4 Å². The first kappa shape index (κ1) is 17.0. The number of aryl methyl sites for hydroxylation is 1. The van der Waals surface area contributed by atoms with E-state index in [4.69, 9.17) is 5.73 Å². The van der Waals surface area contributed by atoms with Crippen molar-refractivity contribution in [3.8, 4) is 0 Å². The highest BCUT2D eigenvalue weighted by Gasteiger charge is 2.19. The summed E-state index contributed by atoms with van der Waals surface area (Å²) >= 11 is 0. The van der Waals surface area contributed by atoms with Gasteiger partial charge in [-0.1, -0.05) is 12.1 Å². The number of nitrogens with one attached hydrogen (secondary N) is 1. The van der Waals surface area contributed by atoms with Crippen LogP contribution in [0.4, 0.5) is 5.69 Å². The SMILES string of the molecule is Cc1cccc(NC(=O)CN2CCC[C@@H](N)C2)c1C.Cl. The van der Waals surface area contributed by atoms with Crippen LogP contribution >= 0.6 is 12.4 Å². The summed E-state index contributed by atoms with van der Waals surface area (Å²) in [6.07, 6.45) is 2.15. The van der Waals surface area contributed by atoms with Gasteiger partial charge in [-0.05, 0) is 50.4 Å². The summed E-state index contributed by atoms with van der Waals surface area (Å²) in [5, 5.41) is 2.99. The number of hydrogen-bond donors (Lipinski definition) is 2. The van der Waals surface area contributed by atoms with Gasteiger partial charge in [-0.15, -0.1) is 12.4 Å². The summed E-state index contributed by atoms with van der Waals surface area (Å²) in [5.74, 6) is 0.0443. The summed E-state index contributed by atoms with van der Waals surface area (Å²) in [5.41, 5.74) is 9.16. The monoisotopic (exact) mass is 297 g/mol. The maximum absolute atomic E-state index is 12.1. The summed E-state index contributed by atoms with van der Waals surface area (Å²) in [4.78, 5) is 14.2. The van der Waals surface area contributed by atoms with E-state index in [0.29, 0.717) is 6.54 Å². The molecule has 1 atom stereocenters. The summed E-state index contributed by atoms with van der Waals surface area (Å²) in [6, 6.07) is 6.17. The molecule has 0 bridgehead atoms. The van der Waals surface area contributed by atoms with E-state index in [2.05, 4.69) is 23.2 Å². The molecule has 1 aliphatic heterocycles. The largest absolute Gasteiger partial charge is 0.327 e. The lowest BCUT2D eigenvalue weighted by atomic mass is 10.1. The Morgan fingerprint density at radius 3 is 2.90 bits per heavy atom. The molecule has 1 aromatic carbocycles. The van der Waals surface area contributed by atoms with Crippen molar-refractivity contribution >= 4 is 24.0 Å². The van der Waals surface area contributed by atoms with E-state index in [0.717, 1.165) is 37.2 Å². The molecule has 1 amide bonds. The van der Waals surface area contributed by atoms with Gasteiger partial charge in [0, 0.05) is 18.3 Å². The van der Waals surface area contributed by atoms with Gasteiger partial charge in [-0.3, -0.25) is 9.69 Å². The van der Waals surface area contributed by atoms with Crippen LogP contribution in [-0.4, -0.2) is 36.5 Å². The molecule has 0 aliphatic carbocycles. The molecule has 20 heavy (non-hydrogen) atoms. The molecular formula is C15H24ClN3O. The molecule has 1 fully saturated rings. The first-order chi connectivity index (χ1) is 9.06. The predicted octanol–water partition coefficient (Wildman–Crippen LogP) is 2.09. The second-order valence-electron chi connectivity index (χ2n) is 5.43. The molecule has 0 aromatic heterocycles. The predicted molar refractivity (Wildman–Crippen MR) is 85.4 cm³/mol. The highest BCUT2D eigenvalue weighted by atomic mass is 35.5. The molecule has 3 N–H and O–H groups in total. The maximum atomic E-state index is 12.1. The zero-order chi connectivity index (χ0) is 13.8. The maximum Gasteiger partial charge on any atom is 0.238 e. The van der Waals surface area contributed by atoms with Gasteiger partial charge in [-0.2, -0.15) is 0 Å². The van der Waals surface area contributed by atoms with Gasteiger partial charge in [0.2, 0.25) is 5.91 Å². The fourth-order valence-electron chi connectivity index (χ4n) is 2.51. The number of nitrogens with two attached hydrogens (primary N) is 1. The number of amides is 1. The highest BCUT2D eigenvalue weighted by Crippen LogP contribution is 2.18. The van der Waals surface area contributed by atoms with Crippen molar-refractivity contribution in [3.63, 3.8) is 0 Å². The molecule has 1 heterocycles. The van der Waals surface area contributed by atoms with E-state index in [1.165, 1.54) is 5.56 Å². The quantitative estimate of drug-likeness (QED) is 0.898. The number of benzene rings is 1. The van der Waals surface area contributed by atoms with E-state index in [1.807, 2.05) is 19.1 Å². The molecule has 0 saturated carbocycles. The number of piperidine rings is 1. The van der Waals surface area contributed by atoms with Crippen LogP contribution in [0.2, 0.25) is 0 Å². The second kappa shape index (κ2) is 7.62. The van der Waals surface area contributed by atoms with Crippen LogP contribution in [0.15, 0.2) is 18.2 Å². The molecule has 2 rings (SSSR count). The van der Waals surface area contributed by atoms with Crippen LogP contribution < -0.4 is 11.1 Å². The van der Waals surface area contributed by atoms with Crippen LogP contribution in [0, 0.1) is 13.8 Å². The highest BCUT2D eigenvalue weighted by molar-refractivity contribution is 5.93. The number of carbonyl (C=O) groups is 1. The van der Waals surface area contributed by atoms with E-state index < -0.39 is 0 Å². The Kier molecular flexibility index (Phi) is 6.46. The molecule has 0 radical (unpaired) electrons. The number of carbonyl (C=O) groups excluding carboxylic acids is 1. The third kappa shape index (κ3) is 4.47. The number of rotatable bonds is 3. The molecule has 112 valence electrons. The van der Waals surface area contributed by atoms with Crippen molar-refractivity contribution in [1.82, 2.24) is 4.90 Å². The Bertz CT molecular complexity index is 464.